The van der Waals surface area contributed by atoms with E-state index in [9.17, 15) is 0 Å². The van der Waals surface area contributed by atoms with Crippen molar-refractivity contribution in [3.8, 4) is 11.1 Å². The quantitative estimate of drug-likeness (QED) is 0.748. The van der Waals surface area contributed by atoms with Crippen LogP contribution in [0, 0.1) is 13.8 Å². The molecule has 0 bridgehead atoms. The molecule has 4 rings (SSSR count). The first-order chi connectivity index (χ1) is 12.2. The van der Waals surface area contributed by atoms with Crippen LogP contribution in [0.25, 0.3) is 11.1 Å². The maximum Gasteiger partial charge on any atom is 0.0672 e. The van der Waals surface area contributed by atoms with Crippen molar-refractivity contribution in [2.45, 2.75) is 32.1 Å². The Labute approximate surface area is 149 Å². The molecule has 0 atom stereocenters. The van der Waals surface area contributed by atoms with Crippen molar-refractivity contribution in [2.24, 2.45) is 0 Å². The molecule has 0 unspecified atom stereocenters. The van der Waals surface area contributed by atoms with E-state index < -0.39 is 0 Å². The summed E-state index contributed by atoms with van der Waals surface area (Å²) in [4.78, 5) is 0. The first kappa shape index (κ1) is 16.1. The van der Waals surface area contributed by atoms with Crippen LogP contribution in [0.4, 0.5) is 0 Å². The lowest BCUT2D eigenvalue weighted by Crippen LogP contribution is -2.40. The molecule has 1 fully saturated rings. The monoisotopic (exact) mass is 331 g/mol. The standard InChI is InChI=1S/C22H25N3/c1-16-21(17(2)25-24-16)18-8-10-20(11-9-18)22(12-14-23-15-13-22)19-6-4-3-5-7-19/h3-11,23H,12-15H2,1-2H3,(H,24,25). The number of H-pyrrole nitrogens is 1. The zero-order chi connectivity index (χ0) is 17.3. The fourth-order valence-electron chi connectivity index (χ4n) is 4.29. The third-order valence-electron chi connectivity index (χ3n) is 5.64. The summed E-state index contributed by atoms with van der Waals surface area (Å²) in [6.45, 7) is 6.28. The second kappa shape index (κ2) is 6.49. The lowest BCUT2D eigenvalue weighted by Gasteiger charge is -2.39. The van der Waals surface area contributed by atoms with Crippen LogP contribution in [0.5, 0.6) is 0 Å². The third kappa shape index (κ3) is 2.79. The highest BCUT2D eigenvalue weighted by atomic mass is 15.1. The van der Waals surface area contributed by atoms with Gasteiger partial charge < -0.3 is 5.32 Å². The largest absolute Gasteiger partial charge is 0.317 e. The predicted molar refractivity (Wildman–Crippen MR) is 103 cm³/mol. The molecule has 128 valence electrons. The summed E-state index contributed by atoms with van der Waals surface area (Å²) in [6, 6.07) is 20.1. The predicted octanol–water partition coefficient (Wildman–Crippen LogP) is 4.36. The van der Waals surface area contributed by atoms with E-state index in [0.29, 0.717) is 0 Å². The van der Waals surface area contributed by atoms with Gasteiger partial charge in [-0.3, -0.25) is 5.10 Å². The average Bonchev–Trinajstić information content (AvgIpc) is 3.01. The zero-order valence-electron chi connectivity index (χ0n) is 15.0. The Morgan fingerprint density at radius 2 is 1.48 bits per heavy atom. The van der Waals surface area contributed by atoms with Gasteiger partial charge in [-0.1, -0.05) is 54.6 Å². The maximum atomic E-state index is 4.33. The van der Waals surface area contributed by atoms with E-state index in [1.54, 1.807) is 0 Å². The second-order valence-corrected chi connectivity index (χ2v) is 7.08. The molecule has 1 saturated heterocycles. The number of nitrogens with zero attached hydrogens (tertiary/aromatic N) is 1. The maximum absolute atomic E-state index is 4.33. The number of aromatic nitrogens is 2. The number of hydrogen-bond donors (Lipinski definition) is 2. The minimum Gasteiger partial charge on any atom is -0.317 e. The van der Waals surface area contributed by atoms with Crippen LogP contribution in [0.15, 0.2) is 54.6 Å². The van der Waals surface area contributed by atoms with E-state index >= 15 is 0 Å². The number of benzene rings is 2. The van der Waals surface area contributed by atoms with Gasteiger partial charge in [0.25, 0.3) is 0 Å². The van der Waals surface area contributed by atoms with E-state index in [1.165, 1.54) is 22.3 Å². The summed E-state index contributed by atoms with van der Waals surface area (Å²) >= 11 is 0. The molecule has 3 nitrogen and oxygen atoms in total. The van der Waals surface area contributed by atoms with Gasteiger partial charge in [-0.2, -0.15) is 5.10 Å². The van der Waals surface area contributed by atoms with Crippen molar-refractivity contribution >= 4 is 0 Å². The average molecular weight is 331 g/mol. The molecular weight excluding hydrogens is 306 g/mol. The summed E-state index contributed by atoms with van der Waals surface area (Å²) < 4.78 is 0. The van der Waals surface area contributed by atoms with E-state index in [0.717, 1.165) is 37.3 Å². The Morgan fingerprint density at radius 1 is 0.840 bits per heavy atom. The van der Waals surface area contributed by atoms with Gasteiger partial charge in [0.1, 0.15) is 0 Å². The number of nitrogens with one attached hydrogen (secondary N) is 2. The van der Waals surface area contributed by atoms with Gasteiger partial charge in [-0.25, -0.2) is 0 Å². The molecule has 0 saturated carbocycles. The van der Waals surface area contributed by atoms with E-state index in [2.05, 4.69) is 84.0 Å². The molecule has 3 heteroatoms. The van der Waals surface area contributed by atoms with Gasteiger partial charge in [-0.15, -0.1) is 0 Å². The summed E-state index contributed by atoms with van der Waals surface area (Å²) in [5, 5.41) is 10.9. The van der Waals surface area contributed by atoms with Crippen LogP contribution in [-0.2, 0) is 5.41 Å². The summed E-state index contributed by atoms with van der Waals surface area (Å²) in [5.41, 5.74) is 7.62. The van der Waals surface area contributed by atoms with Crippen molar-refractivity contribution < 1.29 is 0 Å². The van der Waals surface area contributed by atoms with Crippen LogP contribution < -0.4 is 5.32 Å². The number of rotatable bonds is 3. The summed E-state index contributed by atoms with van der Waals surface area (Å²) in [6.07, 6.45) is 2.28. The summed E-state index contributed by atoms with van der Waals surface area (Å²) in [7, 11) is 0. The van der Waals surface area contributed by atoms with Gasteiger partial charge in [0.15, 0.2) is 0 Å². The minimum absolute atomic E-state index is 0.117. The van der Waals surface area contributed by atoms with Crippen LogP contribution in [-0.4, -0.2) is 23.3 Å². The molecule has 0 spiro atoms. The first-order valence-corrected chi connectivity index (χ1v) is 9.09. The molecule has 25 heavy (non-hydrogen) atoms. The molecule has 0 radical (unpaired) electrons. The number of piperidine rings is 1. The van der Waals surface area contributed by atoms with Crippen LogP contribution in [0.3, 0.4) is 0 Å². The van der Waals surface area contributed by atoms with E-state index in [4.69, 9.17) is 0 Å². The molecule has 0 amide bonds. The molecular formula is C22H25N3. The Balaban J connectivity index is 1.76. The molecule has 2 N–H and O–H groups in total. The van der Waals surface area contributed by atoms with Crippen molar-refractivity contribution in [3.05, 3.63) is 77.1 Å². The topological polar surface area (TPSA) is 40.7 Å². The zero-order valence-corrected chi connectivity index (χ0v) is 15.0. The highest BCUT2D eigenvalue weighted by molar-refractivity contribution is 5.68. The molecule has 1 aromatic heterocycles. The Bertz CT molecular complexity index is 821. The lowest BCUT2D eigenvalue weighted by molar-refractivity contribution is 0.362. The van der Waals surface area contributed by atoms with Crippen molar-refractivity contribution in [2.75, 3.05) is 13.1 Å². The molecule has 0 aliphatic carbocycles. The smallest absolute Gasteiger partial charge is 0.0672 e. The van der Waals surface area contributed by atoms with Crippen LogP contribution in [0.1, 0.15) is 35.4 Å². The minimum atomic E-state index is 0.117. The van der Waals surface area contributed by atoms with Crippen molar-refractivity contribution in [3.63, 3.8) is 0 Å². The van der Waals surface area contributed by atoms with E-state index in [1.807, 2.05) is 0 Å². The number of aromatic amines is 1. The fraction of sp³-hybridized carbons (Fsp3) is 0.318. The molecule has 2 heterocycles. The molecule has 2 aromatic carbocycles. The fourth-order valence-corrected chi connectivity index (χ4v) is 4.29. The van der Waals surface area contributed by atoms with Crippen molar-refractivity contribution in [1.82, 2.24) is 15.5 Å². The Hall–Kier alpha value is -2.39. The highest BCUT2D eigenvalue weighted by Crippen LogP contribution is 2.41. The second-order valence-electron chi connectivity index (χ2n) is 7.08. The lowest BCUT2D eigenvalue weighted by atomic mass is 9.68. The highest BCUT2D eigenvalue weighted by Gasteiger charge is 2.35. The summed E-state index contributed by atoms with van der Waals surface area (Å²) in [5.74, 6) is 0. The van der Waals surface area contributed by atoms with Crippen molar-refractivity contribution in [1.29, 1.82) is 0 Å². The SMILES string of the molecule is Cc1n[nH]c(C)c1-c1ccc(C2(c3ccccc3)CCNCC2)cc1. The van der Waals surface area contributed by atoms with Gasteiger partial charge in [0.05, 0.1) is 5.69 Å². The number of aryl methyl sites for hydroxylation is 2. The van der Waals surface area contributed by atoms with Crippen LogP contribution in [0.2, 0.25) is 0 Å². The molecule has 1 aliphatic heterocycles. The van der Waals surface area contributed by atoms with Gasteiger partial charge in [-0.05, 0) is 56.5 Å². The Kier molecular flexibility index (Phi) is 4.18. The molecule has 3 aromatic rings. The third-order valence-corrected chi connectivity index (χ3v) is 5.64. The number of hydrogen-bond acceptors (Lipinski definition) is 2. The van der Waals surface area contributed by atoms with Gasteiger partial charge in [0, 0.05) is 16.7 Å². The normalized spacial score (nSPS) is 16.7. The van der Waals surface area contributed by atoms with Crippen LogP contribution >= 0.6 is 0 Å². The first-order valence-electron chi connectivity index (χ1n) is 9.09. The van der Waals surface area contributed by atoms with Gasteiger partial charge in [0.2, 0.25) is 0 Å². The van der Waals surface area contributed by atoms with E-state index in [-0.39, 0.29) is 5.41 Å². The van der Waals surface area contributed by atoms with Gasteiger partial charge >= 0.3 is 0 Å². The Morgan fingerprint density at radius 3 is 2.08 bits per heavy atom. The molecule has 1 aliphatic rings.